The van der Waals surface area contributed by atoms with E-state index in [4.69, 9.17) is 0 Å². The molecule has 4 aromatic carbocycles. The van der Waals surface area contributed by atoms with Gasteiger partial charge >= 0.3 is 24.7 Å². The summed E-state index contributed by atoms with van der Waals surface area (Å²) in [6.07, 6.45) is -16.9. The van der Waals surface area contributed by atoms with Gasteiger partial charge < -0.3 is 0 Å². The predicted molar refractivity (Wildman–Crippen MR) is 173 cm³/mol. The first-order chi connectivity index (χ1) is 25.2. The van der Waals surface area contributed by atoms with Gasteiger partial charge in [-0.1, -0.05) is 60.7 Å². The monoisotopic (exact) mass is 754 g/mol. The Balaban J connectivity index is 1.47. The SMILES string of the molecule is N#C/C(=C1/C2=C(C=CC(c3ccc(C(F)(F)F)cc3)C2)c2c1ccc1c2-c2ccc(-c3ccc(C(F)(F)F)cc3)cc2/C1=C(/C#N)C(F)(F)F)C(F)(F)F. The molecule has 3 aliphatic rings. The largest absolute Gasteiger partial charge is 0.426 e. The number of fused-ring (bicyclic) bond motifs is 6. The van der Waals surface area contributed by atoms with Gasteiger partial charge in [0.15, 0.2) is 0 Å². The molecule has 0 fully saturated rings. The Hall–Kier alpha value is -6.02. The molecule has 54 heavy (non-hydrogen) atoms. The molecule has 7 rings (SSSR count). The Morgan fingerprint density at radius 1 is 0.537 bits per heavy atom. The lowest BCUT2D eigenvalue weighted by Gasteiger charge is -2.22. The lowest BCUT2D eigenvalue weighted by Crippen LogP contribution is -2.14. The molecule has 0 N–H and O–H groups in total. The summed E-state index contributed by atoms with van der Waals surface area (Å²) < 4.78 is 166. The zero-order valence-electron chi connectivity index (χ0n) is 26.9. The van der Waals surface area contributed by atoms with E-state index in [1.54, 1.807) is 6.08 Å². The minimum Gasteiger partial charge on any atom is -0.192 e. The molecule has 14 heteroatoms. The zero-order valence-corrected chi connectivity index (χ0v) is 26.9. The Labute approximate surface area is 297 Å². The highest BCUT2D eigenvalue weighted by atomic mass is 19.4. The molecule has 1 atom stereocenters. The van der Waals surface area contributed by atoms with E-state index in [0.717, 1.165) is 48.5 Å². The van der Waals surface area contributed by atoms with Crippen LogP contribution >= 0.6 is 0 Å². The van der Waals surface area contributed by atoms with Gasteiger partial charge in [-0.3, -0.25) is 0 Å². The Kier molecular flexibility index (Phi) is 8.26. The lowest BCUT2D eigenvalue weighted by molar-refractivity contribution is -0.138. The Morgan fingerprint density at radius 2 is 1.02 bits per heavy atom. The molecule has 3 aliphatic carbocycles. The summed E-state index contributed by atoms with van der Waals surface area (Å²) in [6, 6.07) is 16.6. The average Bonchev–Trinajstić information content (AvgIpc) is 3.59. The highest BCUT2D eigenvalue weighted by Gasteiger charge is 2.46. The van der Waals surface area contributed by atoms with Gasteiger partial charge in [0.2, 0.25) is 0 Å². The molecule has 0 aliphatic heterocycles. The Bertz CT molecular complexity index is 2450. The van der Waals surface area contributed by atoms with Crippen LogP contribution in [0.5, 0.6) is 0 Å². The van der Waals surface area contributed by atoms with Crippen molar-refractivity contribution in [3.63, 3.8) is 0 Å². The van der Waals surface area contributed by atoms with E-state index < -0.39 is 64.0 Å². The predicted octanol–water partition coefficient (Wildman–Crippen LogP) is 12.6. The molecule has 0 radical (unpaired) electrons. The fourth-order valence-corrected chi connectivity index (χ4v) is 7.29. The highest BCUT2D eigenvalue weighted by Crippen LogP contribution is 2.59. The summed E-state index contributed by atoms with van der Waals surface area (Å²) in [4.78, 5) is 0. The molecule has 1 unspecified atom stereocenters. The van der Waals surface area contributed by atoms with E-state index >= 15 is 0 Å². The summed E-state index contributed by atoms with van der Waals surface area (Å²) in [6.45, 7) is 0. The van der Waals surface area contributed by atoms with Gasteiger partial charge in [0, 0.05) is 17.1 Å². The van der Waals surface area contributed by atoms with Crippen molar-refractivity contribution in [3.8, 4) is 34.4 Å². The summed E-state index contributed by atoms with van der Waals surface area (Å²) in [5.41, 5.74) is -5.67. The van der Waals surface area contributed by atoms with Crippen LogP contribution in [0.3, 0.4) is 0 Å². The van der Waals surface area contributed by atoms with Gasteiger partial charge in [-0.15, -0.1) is 0 Å². The molecule has 0 aromatic heterocycles. The van der Waals surface area contributed by atoms with Crippen LogP contribution in [0.4, 0.5) is 52.7 Å². The maximum Gasteiger partial charge on any atom is 0.426 e. The van der Waals surface area contributed by atoms with Gasteiger partial charge in [-0.25, -0.2) is 0 Å². The molecule has 0 saturated heterocycles. The van der Waals surface area contributed by atoms with Gasteiger partial charge in [-0.05, 0) is 98.0 Å². The van der Waals surface area contributed by atoms with Crippen LogP contribution in [-0.2, 0) is 12.4 Å². The zero-order chi connectivity index (χ0) is 39.1. The number of allylic oxidation sites excluding steroid dienone is 7. The molecular weight excluding hydrogens is 736 g/mol. The minimum atomic E-state index is -5.20. The summed E-state index contributed by atoms with van der Waals surface area (Å²) in [5, 5.41) is 19.6. The quantitative estimate of drug-likeness (QED) is 0.133. The maximum atomic E-state index is 14.5. The number of nitriles is 2. The minimum absolute atomic E-state index is 0.00337. The third kappa shape index (κ3) is 5.96. The summed E-state index contributed by atoms with van der Waals surface area (Å²) in [7, 11) is 0. The van der Waals surface area contributed by atoms with E-state index in [1.165, 1.54) is 48.5 Å². The third-order valence-electron chi connectivity index (χ3n) is 9.62. The van der Waals surface area contributed by atoms with Crippen LogP contribution in [0.1, 0.15) is 51.3 Å². The van der Waals surface area contributed by atoms with Gasteiger partial charge in [-0.2, -0.15) is 63.2 Å². The molecular formula is C40H18F12N2. The first-order valence-electron chi connectivity index (χ1n) is 15.8. The average molecular weight is 755 g/mol. The van der Waals surface area contributed by atoms with Crippen LogP contribution in [-0.4, -0.2) is 12.4 Å². The summed E-state index contributed by atoms with van der Waals surface area (Å²) in [5.74, 6) is -0.749. The maximum absolute atomic E-state index is 14.5. The van der Waals surface area contributed by atoms with E-state index in [9.17, 15) is 63.2 Å². The van der Waals surface area contributed by atoms with Crippen molar-refractivity contribution < 1.29 is 52.7 Å². The van der Waals surface area contributed by atoms with Gasteiger partial charge in [0.05, 0.1) is 11.1 Å². The molecule has 4 aromatic rings. The molecule has 0 amide bonds. The van der Waals surface area contributed by atoms with Crippen LogP contribution in [0.2, 0.25) is 0 Å². The number of nitrogens with zero attached hydrogens (tertiary/aromatic N) is 2. The number of hydrogen-bond donors (Lipinski definition) is 0. The standard InChI is InChI=1S/C40H18F12N2/c41-37(42,43)23-7-1-19(2-8-23)21-5-11-25-29(15-21)33(31(17-53)39(47,48)49)27-13-14-28-34(32(18-54)40(50,51)52)30-16-22(6-12-26(30)36(28)35(25)27)20-3-9-24(10-4-20)38(44,45)46/h1-15,22H,16H2/b33-31-,34-32-. The first kappa shape index (κ1) is 36.3. The number of halogens is 12. The van der Waals surface area contributed by atoms with Crippen molar-refractivity contribution in [2.75, 3.05) is 0 Å². The van der Waals surface area contributed by atoms with Crippen molar-refractivity contribution in [1.82, 2.24) is 0 Å². The molecule has 0 spiro atoms. The fraction of sp³-hybridized carbons (Fsp3) is 0.150. The fourth-order valence-electron chi connectivity index (χ4n) is 7.29. The second-order valence-electron chi connectivity index (χ2n) is 12.6. The molecule has 2 nitrogen and oxygen atoms in total. The summed E-state index contributed by atoms with van der Waals surface area (Å²) >= 11 is 0. The highest BCUT2D eigenvalue weighted by molar-refractivity contribution is 6.15. The Morgan fingerprint density at radius 3 is 1.54 bits per heavy atom. The molecule has 0 saturated carbocycles. The second kappa shape index (κ2) is 12.3. The lowest BCUT2D eigenvalue weighted by atomic mass is 9.82. The number of rotatable bonds is 2. The second-order valence-corrected chi connectivity index (χ2v) is 12.6. The molecule has 0 bridgehead atoms. The molecule has 272 valence electrons. The normalized spacial score (nSPS) is 18.4. The van der Waals surface area contributed by atoms with Crippen molar-refractivity contribution in [1.29, 1.82) is 10.5 Å². The number of alkyl halides is 12. The van der Waals surface area contributed by atoms with Crippen LogP contribution < -0.4 is 0 Å². The van der Waals surface area contributed by atoms with Crippen LogP contribution in [0.25, 0.3) is 39.0 Å². The van der Waals surface area contributed by atoms with Crippen LogP contribution in [0.15, 0.2) is 108 Å². The topological polar surface area (TPSA) is 47.6 Å². The van der Waals surface area contributed by atoms with E-state index in [0.29, 0.717) is 5.56 Å². The van der Waals surface area contributed by atoms with E-state index in [1.807, 2.05) is 0 Å². The molecule has 0 heterocycles. The first-order valence-corrected chi connectivity index (χ1v) is 15.8. The van der Waals surface area contributed by atoms with Gasteiger partial charge in [0.1, 0.15) is 23.3 Å². The van der Waals surface area contributed by atoms with E-state index in [-0.39, 0.29) is 62.1 Å². The van der Waals surface area contributed by atoms with E-state index in [2.05, 4.69) is 0 Å². The van der Waals surface area contributed by atoms with Crippen molar-refractivity contribution >= 4 is 16.7 Å². The van der Waals surface area contributed by atoms with Crippen molar-refractivity contribution in [2.24, 2.45) is 0 Å². The van der Waals surface area contributed by atoms with Crippen LogP contribution in [0, 0.1) is 22.7 Å². The van der Waals surface area contributed by atoms with Gasteiger partial charge in [0.25, 0.3) is 0 Å². The smallest absolute Gasteiger partial charge is 0.192 e. The number of benzene rings is 4. The van der Waals surface area contributed by atoms with Crippen molar-refractivity contribution in [2.45, 2.75) is 37.0 Å². The number of hydrogen-bond acceptors (Lipinski definition) is 2. The third-order valence-corrected chi connectivity index (χ3v) is 9.62. The van der Waals surface area contributed by atoms with Crippen molar-refractivity contribution in [3.05, 3.63) is 147 Å².